The number of hydrogen-bond donors (Lipinski definition) is 1. The van der Waals surface area contributed by atoms with Crippen molar-refractivity contribution in [3.8, 4) is 0 Å². The minimum absolute atomic E-state index is 0.0713. The first-order valence-electron chi connectivity index (χ1n) is 4.97. The van der Waals surface area contributed by atoms with Crippen molar-refractivity contribution < 1.29 is 9.90 Å². The summed E-state index contributed by atoms with van der Waals surface area (Å²) in [6.07, 6.45) is 0.439. The van der Waals surface area contributed by atoms with Crippen molar-refractivity contribution in [2.45, 2.75) is 20.3 Å². The zero-order valence-electron chi connectivity index (χ0n) is 8.86. The van der Waals surface area contributed by atoms with Gasteiger partial charge in [0.1, 0.15) is 0 Å². The molecule has 0 bridgehead atoms. The summed E-state index contributed by atoms with van der Waals surface area (Å²) in [5, 5.41) is 9.78. The Morgan fingerprint density at radius 3 is 2.80 bits per heavy atom. The van der Waals surface area contributed by atoms with Gasteiger partial charge >= 0.3 is 0 Å². The number of aryl methyl sites for hydroxylation is 2. The Morgan fingerprint density at radius 1 is 1.60 bits per heavy atom. The lowest BCUT2D eigenvalue weighted by Gasteiger charge is -2.11. The second kappa shape index (κ2) is 3.90. The van der Waals surface area contributed by atoms with Crippen LogP contribution in [-0.2, 0) is 4.79 Å². The van der Waals surface area contributed by atoms with Gasteiger partial charge in [0.2, 0.25) is 5.91 Å². The number of anilines is 1. The lowest BCUT2D eigenvalue weighted by atomic mass is 10.1. The molecule has 2 rings (SSSR count). The topological polar surface area (TPSA) is 53.4 Å². The molecule has 1 amide bonds. The van der Waals surface area contributed by atoms with Gasteiger partial charge in [-0.2, -0.15) is 0 Å². The summed E-state index contributed by atoms with van der Waals surface area (Å²) in [6.45, 7) is 4.62. The fourth-order valence-electron chi connectivity index (χ4n) is 1.66. The average Bonchev–Trinajstić information content (AvgIpc) is 2.71. The lowest BCUT2D eigenvalue weighted by Crippen LogP contribution is -2.24. The zero-order valence-corrected chi connectivity index (χ0v) is 9.67. The van der Waals surface area contributed by atoms with Crippen LogP contribution in [0.2, 0.25) is 0 Å². The van der Waals surface area contributed by atoms with E-state index in [1.807, 2.05) is 13.8 Å². The van der Waals surface area contributed by atoms with Crippen molar-refractivity contribution in [2.75, 3.05) is 18.1 Å². The van der Waals surface area contributed by atoms with Gasteiger partial charge in [0.15, 0.2) is 5.13 Å². The number of nitrogens with zero attached hydrogens (tertiary/aromatic N) is 2. The minimum atomic E-state index is 0.0713. The smallest absolute Gasteiger partial charge is 0.229 e. The molecule has 0 saturated carbocycles. The number of carbonyl (C=O) groups excluding carboxylic acids is 1. The molecule has 0 spiro atoms. The molecular weight excluding hydrogens is 212 g/mol. The molecule has 0 radical (unpaired) electrons. The molecule has 0 aliphatic carbocycles. The van der Waals surface area contributed by atoms with E-state index < -0.39 is 0 Å². The summed E-state index contributed by atoms with van der Waals surface area (Å²) in [5.41, 5.74) is 0.982. The molecule has 1 aliphatic heterocycles. The molecular formula is C10H14N2O2S. The van der Waals surface area contributed by atoms with Crippen molar-refractivity contribution in [2.24, 2.45) is 5.92 Å². The largest absolute Gasteiger partial charge is 0.396 e. The minimum Gasteiger partial charge on any atom is -0.396 e. The Balaban J connectivity index is 2.21. The highest BCUT2D eigenvalue weighted by atomic mass is 32.1. The van der Waals surface area contributed by atoms with Crippen LogP contribution in [0.25, 0.3) is 0 Å². The van der Waals surface area contributed by atoms with Gasteiger partial charge in [-0.25, -0.2) is 4.98 Å². The zero-order chi connectivity index (χ0) is 11.0. The number of carbonyl (C=O) groups is 1. The van der Waals surface area contributed by atoms with Gasteiger partial charge in [-0.05, 0) is 13.8 Å². The van der Waals surface area contributed by atoms with Crippen LogP contribution in [-0.4, -0.2) is 29.1 Å². The lowest BCUT2D eigenvalue weighted by molar-refractivity contribution is -0.117. The Morgan fingerprint density at radius 2 is 2.33 bits per heavy atom. The molecule has 15 heavy (non-hydrogen) atoms. The highest BCUT2D eigenvalue weighted by Crippen LogP contribution is 2.30. The summed E-state index contributed by atoms with van der Waals surface area (Å²) in [5.74, 6) is 0.143. The van der Waals surface area contributed by atoms with Crippen molar-refractivity contribution >= 4 is 22.4 Å². The Bertz CT molecular complexity index is 369. The van der Waals surface area contributed by atoms with E-state index in [-0.39, 0.29) is 18.4 Å². The van der Waals surface area contributed by atoms with Crippen LogP contribution in [0.5, 0.6) is 0 Å². The second-order valence-corrected chi connectivity index (χ2v) is 5.08. The predicted octanol–water partition coefficient (Wildman–Crippen LogP) is 1.11. The average molecular weight is 226 g/mol. The molecule has 1 fully saturated rings. The molecule has 5 heteroatoms. The molecule has 1 aliphatic rings. The second-order valence-electron chi connectivity index (χ2n) is 3.90. The van der Waals surface area contributed by atoms with E-state index in [0.717, 1.165) is 15.7 Å². The first kappa shape index (κ1) is 10.6. The number of aliphatic hydroxyl groups is 1. The van der Waals surface area contributed by atoms with Crippen LogP contribution in [0.15, 0.2) is 0 Å². The molecule has 4 nitrogen and oxygen atoms in total. The van der Waals surface area contributed by atoms with Gasteiger partial charge in [-0.15, -0.1) is 11.3 Å². The highest BCUT2D eigenvalue weighted by molar-refractivity contribution is 7.15. The molecule has 0 aromatic carbocycles. The molecule has 1 unspecified atom stereocenters. The molecule has 1 atom stereocenters. The third-order valence-electron chi connectivity index (χ3n) is 2.71. The van der Waals surface area contributed by atoms with Crippen molar-refractivity contribution in [1.82, 2.24) is 4.98 Å². The van der Waals surface area contributed by atoms with Crippen LogP contribution < -0.4 is 4.90 Å². The SMILES string of the molecule is Cc1nc(N2CC(CO)CC2=O)sc1C. The standard InChI is InChI=1S/C10H14N2O2S/c1-6-7(2)15-10(11-6)12-4-8(5-13)3-9(12)14/h8,13H,3-5H2,1-2H3. The summed E-state index contributed by atoms with van der Waals surface area (Å²) in [4.78, 5) is 18.8. The number of aromatic nitrogens is 1. The van der Waals surface area contributed by atoms with Crippen molar-refractivity contribution in [3.05, 3.63) is 10.6 Å². The van der Waals surface area contributed by atoms with E-state index in [4.69, 9.17) is 5.11 Å². The van der Waals surface area contributed by atoms with E-state index in [0.29, 0.717) is 13.0 Å². The van der Waals surface area contributed by atoms with Gasteiger partial charge in [0.05, 0.1) is 5.69 Å². The monoisotopic (exact) mass is 226 g/mol. The van der Waals surface area contributed by atoms with E-state index in [1.54, 1.807) is 16.2 Å². The quantitative estimate of drug-likeness (QED) is 0.821. The fraction of sp³-hybridized carbons (Fsp3) is 0.600. The van der Waals surface area contributed by atoms with E-state index in [9.17, 15) is 4.79 Å². The first-order valence-corrected chi connectivity index (χ1v) is 5.78. The summed E-state index contributed by atoms with van der Waals surface area (Å²) in [7, 11) is 0. The molecule has 1 aromatic heterocycles. The molecule has 1 saturated heterocycles. The number of hydrogen-bond acceptors (Lipinski definition) is 4. The van der Waals surface area contributed by atoms with Gasteiger partial charge in [0.25, 0.3) is 0 Å². The van der Waals surface area contributed by atoms with Gasteiger partial charge in [-0.1, -0.05) is 0 Å². The molecule has 2 heterocycles. The van der Waals surface area contributed by atoms with Gasteiger partial charge in [-0.3, -0.25) is 9.69 Å². The fourth-order valence-corrected chi connectivity index (χ4v) is 2.60. The maximum Gasteiger partial charge on any atom is 0.229 e. The molecule has 82 valence electrons. The summed E-state index contributed by atoms with van der Waals surface area (Å²) >= 11 is 1.54. The Hall–Kier alpha value is -0.940. The van der Waals surface area contributed by atoms with Gasteiger partial charge < -0.3 is 5.11 Å². The maximum absolute atomic E-state index is 11.6. The predicted molar refractivity (Wildman–Crippen MR) is 59.1 cm³/mol. The van der Waals surface area contributed by atoms with Crippen LogP contribution in [0.1, 0.15) is 17.0 Å². The summed E-state index contributed by atoms with van der Waals surface area (Å²) < 4.78 is 0. The van der Waals surface area contributed by atoms with E-state index in [2.05, 4.69) is 4.98 Å². The maximum atomic E-state index is 11.6. The number of aliphatic hydroxyl groups excluding tert-OH is 1. The van der Waals surface area contributed by atoms with Crippen molar-refractivity contribution in [1.29, 1.82) is 0 Å². The molecule has 1 N–H and O–H groups in total. The van der Waals surface area contributed by atoms with E-state index in [1.165, 1.54) is 0 Å². The summed E-state index contributed by atoms with van der Waals surface area (Å²) in [6, 6.07) is 0. The van der Waals surface area contributed by atoms with Crippen LogP contribution in [0.3, 0.4) is 0 Å². The van der Waals surface area contributed by atoms with Gasteiger partial charge in [0, 0.05) is 30.4 Å². The van der Waals surface area contributed by atoms with Crippen LogP contribution in [0.4, 0.5) is 5.13 Å². The third kappa shape index (κ3) is 1.89. The van der Waals surface area contributed by atoms with E-state index >= 15 is 0 Å². The first-order chi connectivity index (χ1) is 7.11. The Labute approximate surface area is 92.6 Å². The number of rotatable bonds is 2. The van der Waals surface area contributed by atoms with Crippen molar-refractivity contribution in [3.63, 3.8) is 0 Å². The van der Waals surface area contributed by atoms with Crippen LogP contribution >= 0.6 is 11.3 Å². The van der Waals surface area contributed by atoms with Crippen LogP contribution in [0, 0.1) is 19.8 Å². The molecule has 1 aromatic rings. The Kier molecular flexibility index (Phi) is 2.75. The number of thiazole rings is 1. The third-order valence-corrected chi connectivity index (χ3v) is 3.81. The highest BCUT2D eigenvalue weighted by Gasteiger charge is 2.31. The normalized spacial score (nSPS) is 21.4. The number of amides is 1.